The van der Waals surface area contributed by atoms with Gasteiger partial charge in [0, 0.05) is 39.8 Å². The molecule has 0 bridgehead atoms. The van der Waals surface area contributed by atoms with Crippen molar-refractivity contribution in [2.75, 3.05) is 39.8 Å². The Morgan fingerprint density at radius 3 is 2.19 bits per heavy atom. The van der Waals surface area contributed by atoms with Crippen molar-refractivity contribution >= 4 is 41.9 Å². The third kappa shape index (κ3) is 7.86. The summed E-state index contributed by atoms with van der Waals surface area (Å²) in [5.41, 5.74) is -0.997. The van der Waals surface area contributed by atoms with Crippen LogP contribution in [0.5, 0.6) is 0 Å². The van der Waals surface area contributed by atoms with Gasteiger partial charge in [-0.15, -0.1) is 24.0 Å². The molecule has 10 heteroatoms. The quantitative estimate of drug-likeness (QED) is 0.313. The standard InChI is InChI=1S/C22H37N5O4.HI/c1-7-22(8-2,25-20(29)31-21(3,4)5)16-24-19(23-6)27-13-11-26(12-14-27)18(28)17-10-9-15-30-17;/h9-10,15H,7-8,11-14,16H2,1-6H3,(H,23,24)(H,25,29);1H. The summed E-state index contributed by atoms with van der Waals surface area (Å²) in [6, 6.07) is 3.40. The molecule has 1 fully saturated rings. The molecule has 1 aliphatic heterocycles. The van der Waals surface area contributed by atoms with Crippen LogP contribution in [0.15, 0.2) is 27.8 Å². The van der Waals surface area contributed by atoms with Crippen molar-refractivity contribution in [1.82, 2.24) is 20.4 Å². The Kier molecular flexibility index (Phi) is 10.8. The van der Waals surface area contributed by atoms with Gasteiger partial charge < -0.3 is 29.6 Å². The Bertz CT molecular complexity index is 749. The minimum absolute atomic E-state index is 0. The molecule has 0 saturated carbocycles. The first kappa shape index (κ1) is 28.1. The van der Waals surface area contributed by atoms with Crippen LogP contribution in [0.3, 0.4) is 0 Å². The molecule has 2 rings (SSSR count). The molecule has 1 aliphatic rings. The molecule has 0 radical (unpaired) electrons. The van der Waals surface area contributed by atoms with E-state index in [1.54, 1.807) is 24.1 Å². The molecular formula is C22H38IN5O4. The molecule has 2 heterocycles. The van der Waals surface area contributed by atoms with E-state index in [-0.39, 0.29) is 29.9 Å². The third-order valence-electron chi connectivity index (χ3n) is 5.51. The highest BCUT2D eigenvalue weighted by atomic mass is 127. The average Bonchev–Trinajstić information content (AvgIpc) is 3.27. The van der Waals surface area contributed by atoms with E-state index >= 15 is 0 Å². The number of nitrogens with zero attached hydrogens (tertiary/aromatic N) is 3. The number of hydrogen-bond donors (Lipinski definition) is 2. The Morgan fingerprint density at radius 2 is 1.72 bits per heavy atom. The molecule has 9 nitrogen and oxygen atoms in total. The SMILES string of the molecule is CCC(CC)(CNC(=NC)N1CCN(C(=O)c2ccco2)CC1)NC(=O)OC(C)(C)C.I. The second-order valence-corrected chi connectivity index (χ2v) is 8.77. The lowest BCUT2D eigenvalue weighted by Gasteiger charge is -2.38. The van der Waals surface area contributed by atoms with Crippen molar-refractivity contribution in [1.29, 1.82) is 0 Å². The molecule has 182 valence electrons. The maximum Gasteiger partial charge on any atom is 0.408 e. The molecule has 0 unspecified atom stereocenters. The molecule has 0 atom stereocenters. The minimum atomic E-state index is -0.548. The number of carbonyl (C=O) groups excluding carboxylic acids is 2. The van der Waals surface area contributed by atoms with Crippen molar-refractivity contribution in [3.05, 3.63) is 24.2 Å². The van der Waals surface area contributed by atoms with Gasteiger partial charge in [-0.3, -0.25) is 9.79 Å². The fourth-order valence-electron chi connectivity index (χ4n) is 3.50. The predicted octanol–water partition coefficient (Wildman–Crippen LogP) is 3.31. The van der Waals surface area contributed by atoms with Gasteiger partial charge in [0.25, 0.3) is 5.91 Å². The highest BCUT2D eigenvalue weighted by Gasteiger charge is 2.32. The van der Waals surface area contributed by atoms with E-state index in [4.69, 9.17) is 9.15 Å². The van der Waals surface area contributed by atoms with Crippen LogP contribution in [0.4, 0.5) is 4.79 Å². The molecule has 1 aromatic heterocycles. The molecule has 1 aromatic rings. The summed E-state index contributed by atoms with van der Waals surface area (Å²) in [6.07, 6.45) is 2.59. The van der Waals surface area contributed by atoms with Crippen molar-refractivity contribution in [2.45, 2.75) is 58.6 Å². The molecule has 1 saturated heterocycles. The summed E-state index contributed by atoms with van der Waals surface area (Å²) < 4.78 is 10.7. The van der Waals surface area contributed by atoms with Crippen LogP contribution in [-0.2, 0) is 4.74 Å². The van der Waals surface area contributed by atoms with E-state index < -0.39 is 17.2 Å². The number of amides is 2. The summed E-state index contributed by atoms with van der Waals surface area (Å²) in [5.74, 6) is 1.02. The Labute approximate surface area is 208 Å². The number of aliphatic imine (C=N–C) groups is 1. The second-order valence-electron chi connectivity index (χ2n) is 8.77. The monoisotopic (exact) mass is 563 g/mol. The fourth-order valence-corrected chi connectivity index (χ4v) is 3.50. The van der Waals surface area contributed by atoms with Gasteiger partial charge in [0.05, 0.1) is 11.8 Å². The number of ether oxygens (including phenoxy) is 1. The van der Waals surface area contributed by atoms with E-state index in [1.807, 2.05) is 34.6 Å². The van der Waals surface area contributed by atoms with Crippen LogP contribution in [0.1, 0.15) is 58.0 Å². The topological polar surface area (TPSA) is 99.4 Å². The summed E-state index contributed by atoms with van der Waals surface area (Å²) in [4.78, 5) is 33.1. The smallest absolute Gasteiger partial charge is 0.408 e. The Balaban J connectivity index is 0.00000512. The summed E-state index contributed by atoms with van der Waals surface area (Å²) in [6.45, 7) is 12.7. The van der Waals surface area contributed by atoms with Crippen molar-refractivity contribution in [3.63, 3.8) is 0 Å². The van der Waals surface area contributed by atoms with Gasteiger partial charge in [-0.1, -0.05) is 13.8 Å². The number of hydrogen-bond acceptors (Lipinski definition) is 5. The highest BCUT2D eigenvalue weighted by molar-refractivity contribution is 14.0. The predicted molar refractivity (Wildman–Crippen MR) is 136 cm³/mol. The number of piperazine rings is 1. The summed E-state index contributed by atoms with van der Waals surface area (Å²) in [7, 11) is 1.74. The van der Waals surface area contributed by atoms with Crippen LogP contribution in [0.25, 0.3) is 0 Å². The maximum atomic E-state index is 12.5. The van der Waals surface area contributed by atoms with Crippen LogP contribution in [0.2, 0.25) is 0 Å². The number of nitrogens with one attached hydrogen (secondary N) is 2. The number of guanidine groups is 1. The van der Waals surface area contributed by atoms with Crippen molar-refractivity contribution < 1.29 is 18.7 Å². The van der Waals surface area contributed by atoms with Crippen LogP contribution in [-0.4, -0.2) is 78.7 Å². The molecule has 0 aliphatic carbocycles. The largest absolute Gasteiger partial charge is 0.459 e. The third-order valence-corrected chi connectivity index (χ3v) is 5.51. The van der Waals surface area contributed by atoms with Crippen molar-refractivity contribution in [2.24, 2.45) is 4.99 Å². The van der Waals surface area contributed by atoms with Crippen LogP contribution >= 0.6 is 24.0 Å². The zero-order valence-electron chi connectivity index (χ0n) is 20.1. The van der Waals surface area contributed by atoms with Gasteiger partial charge in [-0.2, -0.15) is 0 Å². The van der Waals surface area contributed by atoms with E-state index in [1.165, 1.54) is 6.26 Å². The average molecular weight is 563 g/mol. The molecule has 0 spiro atoms. The zero-order valence-corrected chi connectivity index (χ0v) is 22.4. The van der Waals surface area contributed by atoms with E-state index in [2.05, 4.69) is 20.5 Å². The van der Waals surface area contributed by atoms with Gasteiger partial charge in [0.15, 0.2) is 11.7 Å². The molecule has 2 N–H and O–H groups in total. The first-order chi connectivity index (χ1) is 14.6. The summed E-state index contributed by atoms with van der Waals surface area (Å²) >= 11 is 0. The van der Waals surface area contributed by atoms with E-state index in [0.717, 1.165) is 18.8 Å². The van der Waals surface area contributed by atoms with Gasteiger partial charge in [-0.25, -0.2) is 4.79 Å². The van der Waals surface area contributed by atoms with Gasteiger partial charge in [0.1, 0.15) is 5.60 Å². The lowest BCUT2D eigenvalue weighted by Crippen LogP contribution is -2.59. The lowest BCUT2D eigenvalue weighted by atomic mass is 9.93. The Hall–Kier alpha value is -1.98. The first-order valence-electron chi connectivity index (χ1n) is 10.9. The summed E-state index contributed by atoms with van der Waals surface area (Å²) in [5, 5.41) is 6.45. The Morgan fingerprint density at radius 1 is 1.12 bits per heavy atom. The number of alkyl carbamates (subject to hydrolysis) is 1. The maximum absolute atomic E-state index is 12.5. The van der Waals surface area contributed by atoms with Crippen LogP contribution in [0, 0.1) is 0 Å². The molecular weight excluding hydrogens is 525 g/mol. The van der Waals surface area contributed by atoms with Gasteiger partial charge >= 0.3 is 6.09 Å². The normalized spacial score (nSPS) is 15.1. The lowest BCUT2D eigenvalue weighted by molar-refractivity contribution is 0.0448. The number of halogens is 1. The first-order valence-corrected chi connectivity index (χ1v) is 10.9. The van der Waals surface area contributed by atoms with Gasteiger partial charge in [-0.05, 0) is 45.7 Å². The van der Waals surface area contributed by atoms with E-state index in [9.17, 15) is 9.59 Å². The molecule has 2 amide bonds. The van der Waals surface area contributed by atoms with Crippen molar-refractivity contribution in [3.8, 4) is 0 Å². The number of rotatable bonds is 6. The minimum Gasteiger partial charge on any atom is -0.459 e. The fraction of sp³-hybridized carbons (Fsp3) is 0.682. The number of carbonyl (C=O) groups is 2. The van der Waals surface area contributed by atoms with Gasteiger partial charge in [0.2, 0.25) is 0 Å². The van der Waals surface area contributed by atoms with E-state index in [0.29, 0.717) is 38.5 Å². The second kappa shape index (κ2) is 12.3. The van der Waals surface area contributed by atoms with Crippen LogP contribution < -0.4 is 10.6 Å². The highest BCUT2D eigenvalue weighted by Crippen LogP contribution is 2.17. The molecule has 32 heavy (non-hydrogen) atoms. The molecule has 0 aromatic carbocycles. The number of furan rings is 1. The zero-order chi connectivity index (χ0) is 23.1.